The summed E-state index contributed by atoms with van der Waals surface area (Å²) in [4.78, 5) is 0. The van der Waals surface area contributed by atoms with Gasteiger partial charge in [-0.3, -0.25) is 0 Å². The number of benzene rings is 3. The second-order valence-corrected chi connectivity index (χ2v) is 6.63. The van der Waals surface area contributed by atoms with E-state index in [4.69, 9.17) is 4.74 Å². The van der Waals surface area contributed by atoms with Gasteiger partial charge in [0.05, 0.1) is 0 Å². The Morgan fingerprint density at radius 3 is 1.91 bits per heavy atom. The SMILES string of the molecule is [AsH2]c1ccc(-c2ccc(CCOc3ccccc3)cc2)cc1. The predicted octanol–water partition coefficient (Wildman–Crippen LogP) is 3.23. The molecule has 0 amide bonds. The third kappa shape index (κ3) is 4.02. The first-order valence-electron chi connectivity index (χ1n) is 7.44. The van der Waals surface area contributed by atoms with Gasteiger partial charge in [-0.1, -0.05) is 18.2 Å². The molecule has 0 aromatic heterocycles. The summed E-state index contributed by atoms with van der Waals surface area (Å²) in [7, 11) is 0. The molecule has 0 spiro atoms. The Balaban J connectivity index is 1.58. The van der Waals surface area contributed by atoms with Crippen LogP contribution in [0.2, 0.25) is 0 Å². The van der Waals surface area contributed by atoms with Gasteiger partial charge >= 0.3 is 110 Å². The molecule has 1 atom stereocenters. The molecular weight excluding hydrogens is 331 g/mol. The second kappa shape index (κ2) is 7.33. The van der Waals surface area contributed by atoms with Gasteiger partial charge in [0.15, 0.2) is 0 Å². The molecule has 1 unspecified atom stereocenters. The van der Waals surface area contributed by atoms with Crippen LogP contribution in [0.25, 0.3) is 11.1 Å². The van der Waals surface area contributed by atoms with E-state index in [1.807, 2.05) is 30.3 Å². The van der Waals surface area contributed by atoms with Crippen molar-refractivity contribution >= 4 is 21.2 Å². The molecule has 0 radical (unpaired) electrons. The van der Waals surface area contributed by atoms with Crippen LogP contribution in [0.5, 0.6) is 5.75 Å². The number of ether oxygens (including phenoxy) is 1. The van der Waals surface area contributed by atoms with Crippen molar-refractivity contribution in [2.75, 3.05) is 6.61 Å². The van der Waals surface area contributed by atoms with Gasteiger partial charge in [-0.15, -0.1) is 0 Å². The first kappa shape index (κ1) is 14.9. The molecule has 0 saturated carbocycles. The molecule has 2 heteroatoms. The normalized spacial score (nSPS) is 10.4. The third-order valence-electron chi connectivity index (χ3n) is 3.60. The van der Waals surface area contributed by atoms with E-state index in [-0.39, 0.29) is 0 Å². The standard InChI is InChI=1S/C20H19AsO/c21-19-12-10-18(11-13-19)17-8-6-16(7-9-17)14-15-22-20-4-2-1-3-5-20/h1-13H,14-15,21H2. The van der Waals surface area contributed by atoms with Gasteiger partial charge < -0.3 is 0 Å². The Labute approximate surface area is 140 Å². The molecule has 0 aliphatic carbocycles. The number of rotatable bonds is 5. The van der Waals surface area contributed by atoms with Gasteiger partial charge in [0.2, 0.25) is 0 Å². The fourth-order valence-electron chi connectivity index (χ4n) is 2.34. The Hall–Kier alpha value is -1.98. The van der Waals surface area contributed by atoms with Crippen LogP contribution < -0.4 is 9.09 Å². The number of para-hydroxylation sites is 1. The van der Waals surface area contributed by atoms with E-state index in [1.54, 1.807) is 16.9 Å². The number of hydrogen-bond donors (Lipinski definition) is 0. The molecule has 0 heterocycles. The molecule has 0 saturated heterocycles. The van der Waals surface area contributed by atoms with Crippen LogP contribution in [0.1, 0.15) is 5.56 Å². The van der Waals surface area contributed by atoms with E-state index < -0.39 is 0 Å². The summed E-state index contributed by atoms with van der Waals surface area (Å²) in [6, 6.07) is 27.4. The quantitative estimate of drug-likeness (QED) is 0.642. The van der Waals surface area contributed by atoms with Crippen LogP contribution in [0.15, 0.2) is 78.9 Å². The van der Waals surface area contributed by atoms with E-state index in [9.17, 15) is 0 Å². The average Bonchev–Trinajstić information content (AvgIpc) is 2.57. The van der Waals surface area contributed by atoms with Crippen LogP contribution in [0.4, 0.5) is 0 Å². The Bertz CT molecular complexity index is 703. The molecule has 22 heavy (non-hydrogen) atoms. The van der Waals surface area contributed by atoms with Crippen LogP contribution in [-0.2, 0) is 6.42 Å². The molecular formula is C20H19AsO. The Kier molecular flexibility index (Phi) is 4.98. The molecule has 110 valence electrons. The summed E-state index contributed by atoms with van der Waals surface area (Å²) in [6.45, 7) is 0.704. The maximum absolute atomic E-state index is 5.74. The van der Waals surface area contributed by atoms with Crippen LogP contribution in [-0.4, -0.2) is 23.5 Å². The molecule has 0 aliphatic heterocycles. The van der Waals surface area contributed by atoms with Gasteiger partial charge in [-0.05, 0) is 12.1 Å². The second-order valence-electron chi connectivity index (χ2n) is 5.23. The van der Waals surface area contributed by atoms with E-state index >= 15 is 0 Å². The summed E-state index contributed by atoms with van der Waals surface area (Å²) in [6.07, 6.45) is 0.922. The molecule has 3 aromatic carbocycles. The van der Waals surface area contributed by atoms with Crippen LogP contribution in [0, 0.1) is 0 Å². The van der Waals surface area contributed by atoms with Crippen LogP contribution in [0.3, 0.4) is 0 Å². The van der Waals surface area contributed by atoms with Crippen molar-refractivity contribution in [2.24, 2.45) is 0 Å². The van der Waals surface area contributed by atoms with Gasteiger partial charge in [0, 0.05) is 0 Å². The van der Waals surface area contributed by atoms with Crippen molar-refractivity contribution in [3.05, 3.63) is 84.4 Å². The van der Waals surface area contributed by atoms with Gasteiger partial charge in [-0.2, -0.15) is 0 Å². The number of hydrogen-bond acceptors (Lipinski definition) is 1. The molecule has 0 bridgehead atoms. The molecule has 0 aliphatic rings. The zero-order chi connectivity index (χ0) is 15.2. The van der Waals surface area contributed by atoms with Gasteiger partial charge in [-0.25, -0.2) is 0 Å². The van der Waals surface area contributed by atoms with E-state index in [0.717, 1.165) is 12.2 Å². The zero-order valence-electron chi connectivity index (χ0n) is 12.4. The van der Waals surface area contributed by atoms with Crippen molar-refractivity contribution in [1.29, 1.82) is 0 Å². The summed E-state index contributed by atoms with van der Waals surface area (Å²) >= 11 is 1.66. The molecule has 0 N–H and O–H groups in total. The van der Waals surface area contributed by atoms with Crippen molar-refractivity contribution in [2.45, 2.75) is 6.42 Å². The van der Waals surface area contributed by atoms with Crippen molar-refractivity contribution in [1.82, 2.24) is 0 Å². The third-order valence-corrected chi connectivity index (χ3v) is 4.41. The maximum atomic E-state index is 5.74. The van der Waals surface area contributed by atoms with E-state index in [1.165, 1.54) is 21.0 Å². The molecule has 0 fully saturated rings. The Morgan fingerprint density at radius 1 is 0.682 bits per heavy atom. The predicted molar refractivity (Wildman–Crippen MR) is 95.7 cm³/mol. The van der Waals surface area contributed by atoms with Crippen molar-refractivity contribution in [3.8, 4) is 16.9 Å². The first-order valence-corrected chi connectivity index (χ1v) is 8.65. The zero-order valence-corrected chi connectivity index (χ0v) is 14.8. The monoisotopic (exact) mass is 350 g/mol. The summed E-state index contributed by atoms with van der Waals surface area (Å²) in [5.41, 5.74) is 3.84. The fraction of sp³-hybridized carbons (Fsp3) is 0.100. The van der Waals surface area contributed by atoms with Crippen LogP contribution >= 0.6 is 0 Å². The summed E-state index contributed by atoms with van der Waals surface area (Å²) in [5.74, 6) is 0.931. The van der Waals surface area contributed by atoms with E-state index in [2.05, 4.69) is 48.5 Å². The van der Waals surface area contributed by atoms with Gasteiger partial charge in [0.25, 0.3) is 0 Å². The summed E-state index contributed by atoms with van der Waals surface area (Å²) < 4.78 is 7.09. The van der Waals surface area contributed by atoms with Crippen molar-refractivity contribution < 1.29 is 4.74 Å². The molecule has 3 rings (SSSR count). The first-order chi connectivity index (χ1) is 10.8. The minimum atomic E-state index is 0.704. The molecule has 3 aromatic rings. The van der Waals surface area contributed by atoms with Gasteiger partial charge in [0.1, 0.15) is 0 Å². The topological polar surface area (TPSA) is 9.23 Å². The fourth-order valence-corrected chi connectivity index (χ4v) is 2.75. The Morgan fingerprint density at radius 2 is 1.27 bits per heavy atom. The minimum absolute atomic E-state index is 0.704. The van der Waals surface area contributed by atoms with Crippen molar-refractivity contribution in [3.63, 3.8) is 0 Å². The van der Waals surface area contributed by atoms with E-state index in [0.29, 0.717) is 6.61 Å². The summed E-state index contributed by atoms with van der Waals surface area (Å²) in [5, 5.41) is 0. The molecule has 1 nitrogen and oxygen atoms in total. The average molecular weight is 350 g/mol.